The summed E-state index contributed by atoms with van der Waals surface area (Å²) < 4.78 is 28.2. The molecule has 2 heterocycles. The molecule has 0 aliphatic carbocycles. The highest BCUT2D eigenvalue weighted by molar-refractivity contribution is 7.89. The van der Waals surface area contributed by atoms with E-state index in [1.165, 1.54) is 12.8 Å². The van der Waals surface area contributed by atoms with E-state index >= 15 is 0 Å². The van der Waals surface area contributed by atoms with Crippen LogP contribution in [0.25, 0.3) is 0 Å². The lowest BCUT2D eigenvalue weighted by Gasteiger charge is -2.38. The molecule has 128 valence electrons. The lowest BCUT2D eigenvalue weighted by molar-refractivity contribution is 0.0377. The van der Waals surface area contributed by atoms with Gasteiger partial charge in [0, 0.05) is 45.0 Å². The molecule has 2 aliphatic rings. The SMILES string of the molecule is NS(=O)(=O)c1ccc(N2CCN(CC3CCCOC3)CC2)cc1. The Morgan fingerprint density at radius 2 is 1.83 bits per heavy atom. The van der Waals surface area contributed by atoms with Crippen LogP contribution in [0, 0.1) is 5.92 Å². The van der Waals surface area contributed by atoms with Crippen LogP contribution in [-0.2, 0) is 14.8 Å². The number of primary sulfonamides is 1. The fraction of sp³-hybridized carbons (Fsp3) is 0.625. The van der Waals surface area contributed by atoms with E-state index in [0.717, 1.165) is 51.6 Å². The van der Waals surface area contributed by atoms with Crippen molar-refractivity contribution >= 4 is 15.7 Å². The number of sulfonamides is 1. The molecule has 2 aliphatic heterocycles. The van der Waals surface area contributed by atoms with Crippen molar-refractivity contribution in [3.05, 3.63) is 24.3 Å². The van der Waals surface area contributed by atoms with Crippen molar-refractivity contribution in [1.29, 1.82) is 0 Å². The average Bonchev–Trinajstić information content (AvgIpc) is 2.56. The van der Waals surface area contributed by atoms with Crippen LogP contribution in [0.3, 0.4) is 0 Å². The van der Waals surface area contributed by atoms with E-state index in [0.29, 0.717) is 5.92 Å². The Hall–Kier alpha value is -1.15. The molecule has 2 saturated heterocycles. The zero-order valence-corrected chi connectivity index (χ0v) is 14.2. The van der Waals surface area contributed by atoms with Gasteiger partial charge in [-0.3, -0.25) is 4.90 Å². The van der Waals surface area contributed by atoms with Crippen LogP contribution in [0.2, 0.25) is 0 Å². The van der Waals surface area contributed by atoms with Crippen LogP contribution in [0.15, 0.2) is 29.2 Å². The first-order valence-electron chi connectivity index (χ1n) is 8.20. The van der Waals surface area contributed by atoms with Gasteiger partial charge in [-0.05, 0) is 43.0 Å². The van der Waals surface area contributed by atoms with E-state index in [9.17, 15) is 8.42 Å². The first-order valence-corrected chi connectivity index (χ1v) is 9.75. The first-order chi connectivity index (χ1) is 11.0. The van der Waals surface area contributed by atoms with Gasteiger partial charge in [0.05, 0.1) is 11.5 Å². The fourth-order valence-electron chi connectivity index (χ4n) is 3.35. The largest absolute Gasteiger partial charge is 0.381 e. The van der Waals surface area contributed by atoms with Crippen LogP contribution >= 0.6 is 0 Å². The summed E-state index contributed by atoms with van der Waals surface area (Å²) in [5, 5.41) is 5.13. The van der Waals surface area contributed by atoms with Crippen LogP contribution < -0.4 is 10.0 Å². The Morgan fingerprint density at radius 3 is 2.39 bits per heavy atom. The molecule has 2 N–H and O–H groups in total. The van der Waals surface area contributed by atoms with Crippen molar-refractivity contribution in [2.24, 2.45) is 11.1 Å². The summed E-state index contributed by atoms with van der Waals surface area (Å²) in [6.07, 6.45) is 2.45. The highest BCUT2D eigenvalue weighted by atomic mass is 32.2. The Balaban J connectivity index is 1.52. The van der Waals surface area contributed by atoms with Gasteiger partial charge in [0.25, 0.3) is 0 Å². The van der Waals surface area contributed by atoms with Gasteiger partial charge in [0.2, 0.25) is 10.0 Å². The molecule has 0 saturated carbocycles. The van der Waals surface area contributed by atoms with E-state index in [2.05, 4.69) is 9.80 Å². The summed E-state index contributed by atoms with van der Waals surface area (Å²) in [5.41, 5.74) is 1.05. The number of ether oxygens (including phenoxy) is 1. The lowest BCUT2D eigenvalue weighted by atomic mass is 10.0. The Kier molecular flexibility index (Phi) is 5.21. The molecule has 1 unspecified atom stereocenters. The molecule has 0 aromatic heterocycles. The molecule has 6 nitrogen and oxygen atoms in total. The van der Waals surface area contributed by atoms with Crippen molar-refractivity contribution < 1.29 is 13.2 Å². The monoisotopic (exact) mass is 339 g/mol. The number of nitrogens with zero attached hydrogens (tertiary/aromatic N) is 2. The third-order valence-corrected chi connectivity index (χ3v) is 5.60. The van der Waals surface area contributed by atoms with E-state index in [1.54, 1.807) is 12.1 Å². The zero-order valence-electron chi connectivity index (χ0n) is 13.4. The van der Waals surface area contributed by atoms with Gasteiger partial charge in [0.15, 0.2) is 0 Å². The maximum absolute atomic E-state index is 11.3. The molecule has 23 heavy (non-hydrogen) atoms. The van der Waals surface area contributed by atoms with Crippen LogP contribution in [-0.4, -0.2) is 59.3 Å². The van der Waals surface area contributed by atoms with Crippen molar-refractivity contribution in [2.45, 2.75) is 17.7 Å². The maximum Gasteiger partial charge on any atom is 0.238 e. The Morgan fingerprint density at radius 1 is 1.13 bits per heavy atom. The predicted molar refractivity (Wildman–Crippen MR) is 90.0 cm³/mol. The average molecular weight is 339 g/mol. The van der Waals surface area contributed by atoms with E-state index in [1.807, 2.05) is 12.1 Å². The second-order valence-corrected chi connectivity index (χ2v) is 7.97. The number of piperazine rings is 1. The molecule has 0 spiro atoms. The quantitative estimate of drug-likeness (QED) is 0.881. The van der Waals surface area contributed by atoms with Crippen LogP contribution in [0.5, 0.6) is 0 Å². The van der Waals surface area contributed by atoms with E-state index < -0.39 is 10.0 Å². The molecular weight excluding hydrogens is 314 g/mol. The lowest BCUT2D eigenvalue weighted by Crippen LogP contribution is -2.48. The van der Waals surface area contributed by atoms with Gasteiger partial charge in [-0.2, -0.15) is 0 Å². The highest BCUT2D eigenvalue weighted by Gasteiger charge is 2.22. The van der Waals surface area contributed by atoms with Crippen molar-refractivity contribution in [3.63, 3.8) is 0 Å². The molecular formula is C16H25N3O3S. The van der Waals surface area contributed by atoms with E-state index in [-0.39, 0.29) is 4.90 Å². The van der Waals surface area contributed by atoms with Gasteiger partial charge in [0.1, 0.15) is 0 Å². The molecule has 2 fully saturated rings. The maximum atomic E-state index is 11.3. The Bertz CT molecular complexity index is 604. The van der Waals surface area contributed by atoms with Crippen molar-refractivity contribution in [1.82, 2.24) is 4.90 Å². The van der Waals surface area contributed by atoms with Crippen LogP contribution in [0.4, 0.5) is 5.69 Å². The topological polar surface area (TPSA) is 75.9 Å². The Labute approximate surface area is 138 Å². The summed E-state index contributed by atoms with van der Waals surface area (Å²) in [6.45, 7) is 6.93. The van der Waals surface area contributed by atoms with Gasteiger partial charge < -0.3 is 9.64 Å². The van der Waals surface area contributed by atoms with Crippen molar-refractivity contribution in [2.75, 3.05) is 50.8 Å². The molecule has 0 radical (unpaired) electrons. The number of rotatable bonds is 4. The molecule has 1 atom stereocenters. The number of benzene rings is 1. The molecule has 0 bridgehead atoms. The van der Waals surface area contributed by atoms with Crippen molar-refractivity contribution in [3.8, 4) is 0 Å². The highest BCUT2D eigenvalue weighted by Crippen LogP contribution is 2.20. The molecule has 7 heteroatoms. The minimum Gasteiger partial charge on any atom is -0.381 e. The molecule has 1 aromatic carbocycles. The number of hydrogen-bond acceptors (Lipinski definition) is 5. The summed E-state index contributed by atoms with van der Waals surface area (Å²) in [6, 6.07) is 6.83. The third-order valence-electron chi connectivity index (χ3n) is 4.67. The summed E-state index contributed by atoms with van der Waals surface area (Å²) >= 11 is 0. The van der Waals surface area contributed by atoms with Gasteiger partial charge in [-0.25, -0.2) is 13.6 Å². The second-order valence-electron chi connectivity index (χ2n) is 6.41. The second kappa shape index (κ2) is 7.17. The molecule has 3 rings (SSSR count). The predicted octanol–water partition coefficient (Wildman–Crippen LogP) is 0.883. The summed E-state index contributed by atoms with van der Waals surface area (Å²) in [4.78, 5) is 4.96. The normalized spacial score (nSPS) is 23.9. The third kappa shape index (κ3) is 4.44. The summed E-state index contributed by atoms with van der Waals surface area (Å²) in [7, 11) is -3.61. The molecule has 1 aromatic rings. The van der Waals surface area contributed by atoms with Gasteiger partial charge in [-0.1, -0.05) is 0 Å². The smallest absolute Gasteiger partial charge is 0.238 e. The number of hydrogen-bond donors (Lipinski definition) is 1. The fourth-order valence-corrected chi connectivity index (χ4v) is 3.87. The molecule has 0 amide bonds. The summed E-state index contributed by atoms with van der Waals surface area (Å²) in [5.74, 6) is 0.671. The van der Waals surface area contributed by atoms with Gasteiger partial charge >= 0.3 is 0 Å². The standard InChI is InChI=1S/C16H25N3O3S/c17-23(20,21)16-5-3-15(4-6-16)19-9-7-18(8-10-19)12-14-2-1-11-22-13-14/h3-6,14H,1-2,7-13H2,(H2,17,20,21). The minimum absolute atomic E-state index is 0.164. The van der Waals surface area contributed by atoms with Gasteiger partial charge in [-0.15, -0.1) is 0 Å². The number of nitrogens with two attached hydrogens (primary N) is 1. The van der Waals surface area contributed by atoms with E-state index in [4.69, 9.17) is 9.88 Å². The number of anilines is 1. The first kappa shape index (κ1) is 16.7. The minimum atomic E-state index is -3.61. The zero-order chi connectivity index (χ0) is 16.3. The van der Waals surface area contributed by atoms with Crippen LogP contribution in [0.1, 0.15) is 12.8 Å².